The number of aryl methyl sites for hydroxylation is 1. The SMILES string of the molecule is [2H]C([2H])([2H])c1c(COC(=O)OC(C)(C)C)c2ccccc2n1S(=O)(=O)c1ccc(C)cc1. The molecule has 29 heavy (non-hydrogen) atoms. The fourth-order valence-electron chi connectivity index (χ4n) is 2.90. The lowest BCUT2D eigenvalue weighted by molar-refractivity contribution is -0.0106. The van der Waals surface area contributed by atoms with E-state index in [2.05, 4.69) is 0 Å². The summed E-state index contributed by atoms with van der Waals surface area (Å²) in [6, 6.07) is 12.5. The molecule has 0 aliphatic rings. The minimum Gasteiger partial charge on any atom is -0.429 e. The minimum atomic E-state index is -4.26. The summed E-state index contributed by atoms with van der Waals surface area (Å²) in [7, 11) is -4.26. The smallest absolute Gasteiger partial charge is 0.429 e. The number of para-hydroxylation sites is 1. The Hall–Kier alpha value is -2.80. The lowest BCUT2D eigenvalue weighted by atomic mass is 10.1. The van der Waals surface area contributed by atoms with Crippen molar-refractivity contribution in [2.24, 2.45) is 0 Å². The maximum absolute atomic E-state index is 13.5. The Morgan fingerprint density at radius 1 is 1.10 bits per heavy atom. The first-order valence-electron chi connectivity index (χ1n) is 10.5. The van der Waals surface area contributed by atoms with E-state index in [1.165, 1.54) is 18.2 Å². The van der Waals surface area contributed by atoms with Crippen LogP contribution in [0.25, 0.3) is 10.9 Å². The third kappa shape index (κ3) is 4.29. The van der Waals surface area contributed by atoms with Gasteiger partial charge in [-0.1, -0.05) is 35.9 Å². The Bertz CT molecular complexity index is 1250. The Kier molecular flexibility index (Phi) is 4.45. The van der Waals surface area contributed by atoms with Gasteiger partial charge in [0.2, 0.25) is 0 Å². The van der Waals surface area contributed by atoms with Crippen molar-refractivity contribution in [3.63, 3.8) is 0 Å². The average molecular weight is 419 g/mol. The first kappa shape index (κ1) is 17.1. The highest BCUT2D eigenvalue weighted by atomic mass is 32.2. The van der Waals surface area contributed by atoms with Crippen LogP contribution in [0.2, 0.25) is 0 Å². The van der Waals surface area contributed by atoms with E-state index in [4.69, 9.17) is 13.6 Å². The molecule has 0 saturated carbocycles. The Balaban J connectivity index is 2.22. The molecule has 0 unspecified atom stereocenters. The van der Waals surface area contributed by atoms with Crippen LogP contribution in [0.15, 0.2) is 53.4 Å². The van der Waals surface area contributed by atoms with Gasteiger partial charge in [0.25, 0.3) is 10.0 Å². The molecule has 3 aromatic rings. The fourth-order valence-corrected chi connectivity index (χ4v) is 4.36. The highest BCUT2D eigenvalue weighted by molar-refractivity contribution is 7.90. The van der Waals surface area contributed by atoms with Gasteiger partial charge in [0.1, 0.15) is 12.2 Å². The summed E-state index contributed by atoms with van der Waals surface area (Å²) < 4.78 is 62.4. The molecule has 6 nitrogen and oxygen atoms in total. The van der Waals surface area contributed by atoms with Crippen molar-refractivity contribution in [1.82, 2.24) is 3.97 Å². The van der Waals surface area contributed by atoms with Crippen LogP contribution in [-0.2, 0) is 26.1 Å². The summed E-state index contributed by atoms with van der Waals surface area (Å²) in [5, 5.41) is 0.359. The molecule has 0 spiro atoms. The molecule has 1 aromatic heterocycles. The molecular formula is C22H25NO5S. The third-order valence-electron chi connectivity index (χ3n) is 4.22. The molecule has 0 radical (unpaired) electrons. The minimum absolute atomic E-state index is 0.0473. The number of hydrogen-bond acceptors (Lipinski definition) is 5. The van der Waals surface area contributed by atoms with Crippen LogP contribution in [0.3, 0.4) is 0 Å². The van der Waals surface area contributed by atoms with Gasteiger partial charge in [-0.2, -0.15) is 0 Å². The van der Waals surface area contributed by atoms with E-state index >= 15 is 0 Å². The maximum Gasteiger partial charge on any atom is 0.509 e. The number of hydrogen-bond donors (Lipinski definition) is 0. The van der Waals surface area contributed by atoms with Crippen molar-refractivity contribution in [3.8, 4) is 0 Å². The van der Waals surface area contributed by atoms with E-state index in [-0.39, 0.29) is 16.0 Å². The van der Waals surface area contributed by atoms with Crippen molar-refractivity contribution in [1.29, 1.82) is 0 Å². The number of carbonyl (C=O) groups excluding carboxylic acids is 1. The summed E-state index contributed by atoms with van der Waals surface area (Å²) in [4.78, 5) is 12.0. The van der Waals surface area contributed by atoms with Crippen molar-refractivity contribution in [3.05, 3.63) is 65.4 Å². The first-order chi connectivity index (χ1) is 14.7. The van der Waals surface area contributed by atoms with Gasteiger partial charge in [-0.25, -0.2) is 17.2 Å². The summed E-state index contributed by atoms with van der Waals surface area (Å²) in [5.41, 5.74) is -0.0945. The van der Waals surface area contributed by atoms with Crippen LogP contribution in [0.5, 0.6) is 0 Å². The van der Waals surface area contributed by atoms with Crippen LogP contribution in [-0.4, -0.2) is 24.1 Å². The molecule has 0 fully saturated rings. The number of benzene rings is 2. The predicted octanol–water partition coefficient (Wildman–Crippen LogP) is 4.95. The van der Waals surface area contributed by atoms with E-state index in [1.54, 1.807) is 51.1 Å². The second-order valence-electron chi connectivity index (χ2n) is 7.68. The number of aromatic nitrogens is 1. The number of fused-ring (bicyclic) bond motifs is 1. The molecule has 3 rings (SSSR count). The number of nitrogens with zero attached hydrogens (tertiary/aromatic N) is 1. The number of rotatable bonds is 4. The van der Waals surface area contributed by atoms with Gasteiger partial charge in [-0.3, -0.25) is 0 Å². The first-order valence-corrected chi connectivity index (χ1v) is 10.5. The van der Waals surface area contributed by atoms with E-state index in [0.717, 1.165) is 9.54 Å². The predicted molar refractivity (Wildman–Crippen MR) is 111 cm³/mol. The highest BCUT2D eigenvalue weighted by Gasteiger charge is 2.26. The monoisotopic (exact) mass is 418 g/mol. The van der Waals surface area contributed by atoms with Gasteiger partial charge in [0, 0.05) is 20.8 Å². The van der Waals surface area contributed by atoms with Crippen LogP contribution < -0.4 is 0 Å². The molecule has 0 bridgehead atoms. The standard InChI is InChI=1S/C22H25NO5S/c1-15-10-12-17(13-11-15)29(25,26)23-16(2)19(18-8-6-7-9-20(18)23)14-27-21(24)28-22(3,4)5/h6-13H,14H2,1-5H3/i2D3. The van der Waals surface area contributed by atoms with Gasteiger partial charge in [-0.05, 0) is 52.7 Å². The zero-order valence-corrected chi connectivity index (χ0v) is 17.5. The average Bonchev–Trinajstić information content (AvgIpc) is 3.01. The molecule has 1 heterocycles. The van der Waals surface area contributed by atoms with E-state index in [1.807, 2.05) is 6.92 Å². The van der Waals surface area contributed by atoms with Crippen molar-refractivity contribution < 1.29 is 26.8 Å². The molecule has 7 heteroatoms. The van der Waals surface area contributed by atoms with Crippen molar-refractivity contribution in [2.45, 2.75) is 51.7 Å². The molecule has 154 valence electrons. The molecule has 0 aliphatic carbocycles. The quantitative estimate of drug-likeness (QED) is 0.561. The largest absolute Gasteiger partial charge is 0.509 e. The number of ether oxygens (including phenoxy) is 2. The molecule has 0 atom stereocenters. The summed E-state index contributed by atoms with van der Waals surface area (Å²) in [5.74, 6) is 0. The number of carbonyl (C=O) groups is 1. The van der Waals surface area contributed by atoms with E-state index in [0.29, 0.717) is 5.39 Å². The molecule has 0 aliphatic heterocycles. The zero-order valence-electron chi connectivity index (χ0n) is 19.7. The summed E-state index contributed by atoms with van der Waals surface area (Å²) in [6.45, 7) is 3.57. The molecule has 0 saturated heterocycles. The van der Waals surface area contributed by atoms with E-state index < -0.39 is 40.9 Å². The van der Waals surface area contributed by atoms with Gasteiger partial charge < -0.3 is 9.47 Å². The molecule has 0 amide bonds. The molecule has 0 N–H and O–H groups in total. The van der Waals surface area contributed by atoms with Crippen molar-refractivity contribution in [2.75, 3.05) is 0 Å². The lowest BCUT2D eigenvalue weighted by Gasteiger charge is -2.18. The van der Waals surface area contributed by atoms with Crippen molar-refractivity contribution >= 4 is 27.1 Å². The van der Waals surface area contributed by atoms with Crippen LogP contribution in [0, 0.1) is 13.8 Å². The lowest BCUT2D eigenvalue weighted by Crippen LogP contribution is -2.24. The van der Waals surface area contributed by atoms with E-state index in [9.17, 15) is 13.2 Å². The third-order valence-corrected chi connectivity index (χ3v) is 5.95. The molecular weight excluding hydrogens is 390 g/mol. The Labute approximate surface area is 175 Å². The van der Waals surface area contributed by atoms with Gasteiger partial charge >= 0.3 is 6.16 Å². The van der Waals surface area contributed by atoms with Gasteiger partial charge in [-0.15, -0.1) is 0 Å². The normalized spacial score (nSPS) is 14.1. The maximum atomic E-state index is 13.5. The second-order valence-corrected chi connectivity index (χ2v) is 9.47. The topological polar surface area (TPSA) is 74.6 Å². The Morgan fingerprint density at radius 2 is 1.76 bits per heavy atom. The van der Waals surface area contributed by atoms with Gasteiger partial charge in [0.15, 0.2) is 0 Å². The summed E-state index contributed by atoms with van der Waals surface area (Å²) in [6.07, 6.45) is -0.979. The Morgan fingerprint density at radius 3 is 2.38 bits per heavy atom. The summed E-state index contributed by atoms with van der Waals surface area (Å²) >= 11 is 0. The van der Waals surface area contributed by atoms with Gasteiger partial charge in [0.05, 0.1) is 10.4 Å². The van der Waals surface area contributed by atoms with Crippen LogP contribution >= 0.6 is 0 Å². The molecule has 2 aromatic carbocycles. The second kappa shape index (κ2) is 7.55. The zero-order chi connectivity index (χ0) is 23.9. The van der Waals surface area contributed by atoms with Crippen LogP contribution in [0.4, 0.5) is 4.79 Å². The highest BCUT2D eigenvalue weighted by Crippen LogP contribution is 2.30. The van der Waals surface area contributed by atoms with Crippen LogP contribution in [0.1, 0.15) is 41.7 Å². The fraction of sp³-hybridized carbons (Fsp3) is 0.318.